The lowest BCUT2D eigenvalue weighted by molar-refractivity contribution is 0.348. The van der Waals surface area contributed by atoms with E-state index in [0.717, 1.165) is 17.9 Å². The van der Waals surface area contributed by atoms with E-state index in [2.05, 4.69) is 26.1 Å². The van der Waals surface area contributed by atoms with Crippen molar-refractivity contribution < 1.29 is 0 Å². The Bertz CT molecular complexity index is 118. The summed E-state index contributed by atoms with van der Waals surface area (Å²) in [5.41, 5.74) is 0. The van der Waals surface area contributed by atoms with Crippen molar-refractivity contribution in [3.63, 3.8) is 0 Å². The van der Waals surface area contributed by atoms with Gasteiger partial charge in [0.1, 0.15) is 0 Å². The van der Waals surface area contributed by atoms with Crippen LogP contribution in [0.3, 0.4) is 0 Å². The topological polar surface area (TPSA) is 12.0 Å². The van der Waals surface area contributed by atoms with Gasteiger partial charge in [0.05, 0.1) is 0 Å². The highest BCUT2D eigenvalue weighted by Crippen LogP contribution is 2.20. The van der Waals surface area contributed by atoms with Gasteiger partial charge < -0.3 is 5.32 Å². The molecule has 0 radical (unpaired) electrons. The highest BCUT2D eigenvalue weighted by Gasteiger charge is 2.20. The van der Waals surface area contributed by atoms with Gasteiger partial charge in [-0.1, -0.05) is 27.2 Å². The van der Waals surface area contributed by atoms with Crippen LogP contribution < -0.4 is 5.32 Å². The van der Waals surface area contributed by atoms with Crippen LogP contribution in [0.15, 0.2) is 0 Å². The highest BCUT2D eigenvalue weighted by molar-refractivity contribution is 4.80. The molecule has 1 rings (SSSR count). The molecule has 2 unspecified atom stereocenters. The second-order valence-corrected chi connectivity index (χ2v) is 4.38. The average Bonchev–Trinajstić information content (AvgIpc) is 2.86. The molecule has 0 heterocycles. The molecule has 0 aromatic carbocycles. The molecule has 1 aliphatic rings. The van der Waals surface area contributed by atoms with Crippen LogP contribution in [0.5, 0.6) is 0 Å². The monoisotopic (exact) mass is 169 g/mol. The van der Waals surface area contributed by atoms with Gasteiger partial charge in [0.2, 0.25) is 0 Å². The van der Waals surface area contributed by atoms with E-state index < -0.39 is 0 Å². The van der Waals surface area contributed by atoms with Gasteiger partial charge >= 0.3 is 0 Å². The Balaban J connectivity index is 1.96. The predicted molar refractivity (Wildman–Crippen MR) is 54.3 cm³/mol. The zero-order valence-corrected chi connectivity index (χ0v) is 8.77. The Hall–Kier alpha value is -0.0400. The Kier molecular flexibility index (Phi) is 4.07. The summed E-state index contributed by atoms with van der Waals surface area (Å²) in [5, 5.41) is 3.57. The minimum atomic E-state index is 0.883. The Morgan fingerprint density at radius 3 is 2.42 bits per heavy atom. The summed E-state index contributed by atoms with van der Waals surface area (Å²) >= 11 is 0. The maximum absolute atomic E-state index is 3.57. The average molecular weight is 169 g/mol. The summed E-state index contributed by atoms with van der Waals surface area (Å²) < 4.78 is 0. The van der Waals surface area contributed by atoms with Crippen molar-refractivity contribution in [2.24, 2.45) is 11.8 Å². The van der Waals surface area contributed by atoms with Gasteiger partial charge in [0, 0.05) is 6.04 Å². The molecular formula is C11H23N. The normalized spacial score (nSPS) is 22.2. The van der Waals surface area contributed by atoms with Crippen LogP contribution in [0, 0.1) is 11.8 Å². The Morgan fingerprint density at radius 1 is 1.25 bits per heavy atom. The lowest BCUT2D eigenvalue weighted by Gasteiger charge is -2.18. The lowest BCUT2D eigenvalue weighted by Crippen LogP contribution is -2.21. The first-order valence-electron chi connectivity index (χ1n) is 5.47. The smallest absolute Gasteiger partial charge is 0.00682 e. The van der Waals surface area contributed by atoms with E-state index in [9.17, 15) is 0 Å². The highest BCUT2D eigenvalue weighted by atomic mass is 14.9. The van der Waals surface area contributed by atoms with Crippen molar-refractivity contribution in [1.82, 2.24) is 5.32 Å². The zero-order valence-electron chi connectivity index (χ0n) is 8.77. The maximum Gasteiger partial charge on any atom is 0.00682 e. The minimum Gasteiger partial charge on any atom is -0.314 e. The van der Waals surface area contributed by atoms with Crippen molar-refractivity contribution in [2.45, 2.75) is 52.5 Å². The SMILES string of the molecule is CCC(C)C(C)CCNC1CC1. The summed E-state index contributed by atoms with van der Waals surface area (Å²) in [7, 11) is 0. The molecule has 1 N–H and O–H groups in total. The van der Waals surface area contributed by atoms with E-state index in [-0.39, 0.29) is 0 Å². The fourth-order valence-corrected chi connectivity index (χ4v) is 1.49. The number of nitrogens with one attached hydrogen (secondary N) is 1. The lowest BCUT2D eigenvalue weighted by atomic mass is 9.91. The third kappa shape index (κ3) is 3.57. The molecule has 0 amide bonds. The van der Waals surface area contributed by atoms with Crippen LogP contribution in [0.1, 0.15) is 46.5 Å². The quantitative estimate of drug-likeness (QED) is 0.644. The molecule has 72 valence electrons. The molecule has 0 saturated heterocycles. The van der Waals surface area contributed by atoms with Gasteiger partial charge in [0.15, 0.2) is 0 Å². The molecule has 0 spiro atoms. The Labute approximate surface area is 76.9 Å². The molecule has 1 saturated carbocycles. The predicted octanol–water partition coefficient (Wildman–Crippen LogP) is 2.81. The van der Waals surface area contributed by atoms with Crippen molar-refractivity contribution >= 4 is 0 Å². The molecular weight excluding hydrogens is 146 g/mol. The molecule has 0 aromatic rings. The van der Waals surface area contributed by atoms with Crippen molar-refractivity contribution in [3.05, 3.63) is 0 Å². The largest absolute Gasteiger partial charge is 0.314 e. The minimum absolute atomic E-state index is 0.883. The van der Waals surface area contributed by atoms with E-state index in [1.54, 1.807) is 0 Å². The molecule has 12 heavy (non-hydrogen) atoms. The van der Waals surface area contributed by atoms with E-state index in [4.69, 9.17) is 0 Å². The molecule has 1 heteroatoms. The molecule has 1 aliphatic carbocycles. The summed E-state index contributed by atoms with van der Waals surface area (Å²) in [6.07, 6.45) is 5.51. The van der Waals surface area contributed by atoms with E-state index in [1.165, 1.54) is 32.2 Å². The number of hydrogen-bond donors (Lipinski definition) is 1. The first kappa shape index (κ1) is 10.0. The van der Waals surface area contributed by atoms with Crippen LogP contribution in [-0.2, 0) is 0 Å². The molecule has 1 nitrogen and oxygen atoms in total. The molecule has 0 aliphatic heterocycles. The fourth-order valence-electron chi connectivity index (χ4n) is 1.49. The summed E-state index contributed by atoms with van der Waals surface area (Å²) in [6.45, 7) is 8.26. The van der Waals surface area contributed by atoms with Crippen LogP contribution in [-0.4, -0.2) is 12.6 Å². The first-order chi connectivity index (χ1) is 5.74. The molecule has 1 fully saturated rings. The summed E-state index contributed by atoms with van der Waals surface area (Å²) in [5.74, 6) is 1.78. The van der Waals surface area contributed by atoms with Crippen molar-refractivity contribution in [3.8, 4) is 0 Å². The van der Waals surface area contributed by atoms with Crippen molar-refractivity contribution in [1.29, 1.82) is 0 Å². The first-order valence-corrected chi connectivity index (χ1v) is 5.47. The van der Waals surface area contributed by atoms with Gasteiger partial charge in [-0.3, -0.25) is 0 Å². The summed E-state index contributed by atoms with van der Waals surface area (Å²) in [4.78, 5) is 0. The van der Waals surface area contributed by atoms with Crippen LogP contribution in [0.25, 0.3) is 0 Å². The number of rotatable bonds is 6. The van der Waals surface area contributed by atoms with Gasteiger partial charge in [-0.25, -0.2) is 0 Å². The second-order valence-electron chi connectivity index (χ2n) is 4.38. The fraction of sp³-hybridized carbons (Fsp3) is 1.00. The third-order valence-corrected chi connectivity index (χ3v) is 3.23. The number of hydrogen-bond acceptors (Lipinski definition) is 1. The maximum atomic E-state index is 3.57. The summed E-state index contributed by atoms with van der Waals surface area (Å²) in [6, 6.07) is 0.883. The molecule has 0 aromatic heterocycles. The van der Waals surface area contributed by atoms with Crippen LogP contribution in [0.4, 0.5) is 0 Å². The standard InChI is InChI=1S/C11H23N/c1-4-9(2)10(3)7-8-12-11-5-6-11/h9-12H,4-8H2,1-3H3. The van der Waals surface area contributed by atoms with E-state index >= 15 is 0 Å². The van der Waals surface area contributed by atoms with Gasteiger partial charge in [0.25, 0.3) is 0 Å². The zero-order chi connectivity index (χ0) is 8.97. The Morgan fingerprint density at radius 2 is 1.92 bits per heavy atom. The molecule has 0 bridgehead atoms. The van der Waals surface area contributed by atoms with Crippen LogP contribution in [0.2, 0.25) is 0 Å². The van der Waals surface area contributed by atoms with Gasteiger partial charge in [-0.05, 0) is 37.6 Å². The van der Waals surface area contributed by atoms with Gasteiger partial charge in [-0.15, -0.1) is 0 Å². The van der Waals surface area contributed by atoms with Crippen LogP contribution >= 0.6 is 0 Å². The third-order valence-electron chi connectivity index (χ3n) is 3.23. The molecule has 2 atom stereocenters. The van der Waals surface area contributed by atoms with E-state index in [0.29, 0.717) is 0 Å². The van der Waals surface area contributed by atoms with Gasteiger partial charge in [-0.2, -0.15) is 0 Å². The van der Waals surface area contributed by atoms with E-state index in [1.807, 2.05) is 0 Å². The second kappa shape index (κ2) is 4.86. The van der Waals surface area contributed by atoms with Crippen molar-refractivity contribution in [2.75, 3.05) is 6.54 Å².